The molecule has 3 nitrogen and oxygen atoms in total. The first-order chi connectivity index (χ1) is 9.06. The molecule has 0 atom stereocenters. The zero-order valence-corrected chi connectivity index (χ0v) is 13.4. The van der Waals surface area contributed by atoms with Gasteiger partial charge in [-0.2, -0.15) is 0 Å². The Kier molecular flexibility index (Phi) is 4.92. The molecule has 0 bridgehead atoms. The Bertz CT molecular complexity index is 475. The predicted molar refractivity (Wildman–Crippen MR) is 81.9 cm³/mol. The van der Waals surface area contributed by atoms with Crippen molar-refractivity contribution in [3.8, 4) is 0 Å². The van der Waals surface area contributed by atoms with Crippen LogP contribution in [0.5, 0.6) is 0 Å². The first-order valence-corrected chi connectivity index (χ1v) is 7.56. The van der Waals surface area contributed by atoms with Crippen molar-refractivity contribution in [3.63, 3.8) is 0 Å². The molecule has 19 heavy (non-hydrogen) atoms. The van der Waals surface area contributed by atoms with E-state index in [2.05, 4.69) is 33.9 Å². The minimum Gasteiger partial charge on any atom is -0.385 e. The second-order valence-corrected chi connectivity index (χ2v) is 6.48. The van der Waals surface area contributed by atoms with Gasteiger partial charge in [0.2, 0.25) is 0 Å². The maximum Gasteiger partial charge on any atom is 0.252 e. The number of halogens is 1. The zero-order chi connectivity index (χ0) is 13.9. The van der Waals surface area contributed by atoms with E-state index in [1.54, 1.807) is 13.2 Å². The quantitative estimate of drug-likeness (QED) is 0.778. The number of hydrogen-bond acceptors (Lipinski definition) is 3. The minimum atomic E-state index is -0.0545. The number of methoxy groups -OCH3 is 1. The molecule has 1 fully saturated rings. The largest absolute Gasteiger partial charge is 0.385 e. The number of benzene rings is 1. The third-order valence-electron chi connectivity index (χ3n) is 3.62. The van der Waals surface area contributed by atoms with Crippen LogP contribution in [-0.4, -0.2) is 26.2 Å². The van der Waals surface area contributed by atoms with Crippen LogP contribution < -0.4 is 5.32 Å². The predicted octanol–water partition coefficient (Wildman–Crippen LogP) is 3.28. The van der Waals surface area contributed by atoms with Crippen LogP contribution in [0.3, 0.4) is 0 Å². The average Bonchev–Trinajstić information content (AvgIpc) is 3.14. The van der Waals surface area contributed by atoms with E-state index in [1.165, 1.54) is 12.8 Å². The van der Waals surface area contributed by atoms with Crippen LogP contribution in [0.15, 0.2) is 27.6 Å². The first-order valence-electron chi connectivity index (χ1n) is 6.32. The Labute approximate surface area is 127 Å². The van der Waals surface area contributed by atoms with E-state index in [1.807, 2.05) is 12.1 Å². The molecule has 1 amide bonds. The molecule has 1 aliphatic carbocycles. The fourth-order valence-electron chi connectivity index (χ4n) is 2.07. The molecule has 0 saturated heterocycles. The maximum absolute atomic E-state index is 12.1. The zero-order valence-electron chi connectivity index (χ0n) is 10.9. The molecular formula is C14H18BrNO2S. The third kappa shape index (κ3) is 3.97. The minimum absolute atomic E-state index is 0.0545. The normalized spacial score (nSPS) is 16.2. The molecule has 104 valence electrons. The van der Waals surface area contributed by atoms with Crippen molar-refractivity contribution in [3.05, 3.63) is 28.2 Å². The van der Waals surface area contributed by atoms with Crippen molar-refractivity contribution in [1.29, 1.82) is 0 Å². The van der Waals surface area contributed by atoms with E-state index in [9.17, 15) is 4.79 Å². The summed E-state index contributed by atoms with van der Waals surface area (Å²) in [6.45, 7) is 1.48. The first kappa shape index (κ1) is 14.9. The van der Waals surface area contributed by atoms with Crippen molar-refractivity contribution in [2.24, 2.45) is 5.41 Å². The lowest BCUT2D eigenvalue weighted by Crippen LogP contribution is -2.31. The number of nitrogens with one attached hydrogen (secondary N) is 1. The summed E-state index contributed by atoms with van der Waals surface area (Å²) in [5.41, 5.74) is 0.881. The van der Waals surface area contributed by atoms with Crippen LogP contribution in [0.2, 0.25) is 0 Å². The van der Waals surface area contributed by atoms with Crippen LogP contribution in [0.25, 0.3) is 0 Å². The molecule has 1 aromatic carbocycles. The highest BCUT2D eigenvalue weighted by Gasteiger charge is 2.42. The van der Waals surface area contributed by atoms with E-state index in [4.69, 9.17) is 4.74 Å². The summed E-state index contributed by atoms with van der Waals surface area (Å²) in [6.07, 6.45) is 3.35. The molecule has 0 spiro atoms. The highest BCUT2D eigenvalue weighted by molar-refractivity contribution is 9.10. The Hall–Kier alpha value is -0.520. The van der Waals surface area contributed by atoms with Crippen molar-refractivity contribution >= 4 is 34.5 Å². The number of thiol groups is 1. The van der Waals surface area contributed by atoms with Gasteiger partial charge >= 0.3 is 0 Å². The number of hydrogen-bond donors (Lipinski definition) is 2. The molecule has 1 aliphatic rings. The molecule has 0 unspecified atom stereocenters. The van der Waals surface area contributed by atoms with Gasteiger partial charge in [0, 0.05) is 29.6 Å². The van der Waals surface area contributed by atoms with Gasteiger partial charge in [0.15, 0.2) is 0 Å². The van der Waals surface area contributed by atoms with Gasteiger partial charge in [-0.15, -0.1) is 12.6 Å². The Morgan fingerprint density at radius 1 is 1.53 bits per heavy atom. The summed E-state index contributed by atoms with van der Waals surface area (Å²) in [4.78, 5) is 12.8. The van der Waals surface area contributed by atoms with E-state index in [0.717, 1.165) is 24.0 Å². The van der Waals surface area contributed by atoms with Gasteiger partial charge in [-0.25, -0.2) is 0 Å². The Balaban J connectivity index is 1.91. The summed E-state index contributed by atoms with van der Waals surface area (Å²) >= 11 is 7.69. The van der Waals surface area contributed by atoms with Crippen LogP contribution in [0.1, 0.15) is 29.6 Å². The van der Waals surface area contributed by atoms with E-state index >= 15 is 0 Å². The summed E-state index contributed by atoms with van der Waals surface area (Å²) < 4.78 is 6.04. The molecule has 0 radical (unpaired) electrons. The lowest BCUT2D eigenvalue weighted by molar-refractivity contribution is 0.0935. The van der Waals surface area contributed by atoms with Gasteiger partial charge in [-0.3, -0.25) is 4.79 Å². The monoisotopic (exact) mass is 343 g/mol. The molecule has 1 saturated carbocycles. The van der Waals surface area contributed by atoms with Crippen molar-refractivity contribution in [2.75, 3.05) is 20.3 Å². The molecule has 0 aliphatic heterocycles. The second kappa shape index (κ2) is 6.29. The summed E-state index contributed by atoms with van der Waals surface area (Å²) in [5, 5.41) is 3.01. The summed E-state index contributed by atoms with van der Waals surface area (Å²) in [7, 11) is 1.71. The van der Waals surface area contributed by atoms with Crippen molar-refractivity contribution in [2.45, 2.75) is 24.2 Å². The summed E-state index contributed by atoms with van der Waals surface area (Å²) in [5.74, 6) is -0.0545. The Morgan fingerprint density at radius 2 is 2.26 bits per heavy atom. The van der Waals surface area contributed by atoms with E-state index in [-0.39, 0.29) is 11.3 Å². The molecule has 2 rings (SSSR count). The lowest BCUT2D eigenvalue weighted by Gasteiger charge is -2.16. The molecule has 1 N–H and O–H groups in total. The highest BCUT2D eigenvalue weighted by atomic mass is 79.9. The Morgan fingerprint density at radius 3 is 2.84 bits per heavy atom. The molecule has 1 aromatic rings. The van der Waals surface area contributed by atoms with Gasteiger partial charge in [-0.1, -0.05) is 15.9 Å². The van der Waals surface area contributed by atoms with Crippen LogP contribution in [0.4, 0.5) is 0 Å². The molecule has 5 heteroatoms. The fraction of sp³-hybridized carbons (Fsp3) is 0.500. The second-order valence-electron chi connectivity index (χ2n) is 5.09. The van der Waals surface area contributed by atoms with Gasteiger partial charge in [0.1, 0.15) is 0 Å². The molecule has 0 aromatic heterocycles. The fourth-order valence-corrected chi connectivity index (χ4v) is 2.92. The van der Waals surface area contributed by atoms with Gasteiger partial charge in [-0.05, 0) is 42.9 Å². The lowest BCUT2D eigenvalue weighted by atomic mass is 10.0. The van der Waals surface area contributed by atoms with Crippen LogP contribution in [-0.2, 0) is 4.74 Å². The van der Waals surface area contributed by atoms with Crippen LogP contribution in [0, 0.1) is 5.41 Å². The van der Waals surface area contributed by atoms with E-state index < -0.39 is 0 Å². The molecule has 0 heterocycles. The van der Waals surface area contributed by atoms with Gasteiger partial charge in [0.05, 0.1) is 5.56 Å². The number of amides is 1. The van der Waals surface area contributed by atoms with Crippen molar-refractivity contribution in [1.82, 2.24) is 5.32 Å². The van der Waals surface area contributed by atoms with Gasteiger partial charge < -0.3 is 10.1 Å². The van der Waals surface area contributed by atoms with E-state index in [0.29, 0.717) is 10.5 Å². The smallest absolute Gasteiger partial charge is 0.252 e. The standard InChI is InChI=1S/C14H18BrNO2S/c1-18-7-6-14(4-5-14)9-16-13(17)11-3-2-10(15)8-12(11)19/h2-3,8,19H,4-7,9H2,1H3,(H,16,17). The maximum atomic E-state index is 12.1. The number of carbonyl (C=O) groups excluding carboxylic acids is 1. The highest BCUT2D eigenvalue weighted by Crippen LogP contribution is 2.48. The third-order valence-corrected chi connectivity index (χ3v) is 4.49. The average molecular weight is 344 g/mol. The number of carbonyl (C=O) groups is 1. The SMILES string of the molecule is COCCC1(CNC(=O)c2ccc(Br)cc2S)CC1. The molecular weight excluding hydrogens is 326 g/mol. The summed E-state index contributed by atoms with van der Waals surface area (Å²) in [6, 6.07) is 5.47. The number of rotatable bonds is 6. The number of ether oxygens (including phenoxy) is 1. The van der Waals surface area contributed by atoms with Gasteiger partial charge in [0.25, 0.3) is 5.91 Å². The van der Waals surface area contributed by atoms with Crippen LogP contribution >= 0.6 is 28.6 Å². The van der Waals surface area contributed by atoms with Crippen molar-refractivity contribution < 1.29 is 9.53 Å². The topological polar surface area (TPSA) is 38.3 Å².